The average molecular weight is 400 g/mol. The van der Waals surface area contributed by atoms with Crippen molar-refractivity contribution >= 4 is 38.3 Å². The molecule has 0 spiro atoms. The summed E-state index contributed by atoms with van der Waals surface area (Å²) >= 11 is 1.28. The third kappa shape index (κ3) is 4.07. The van der Waals surface area contributed by atoms with Gasteiger partial charge in [0.05, 0.1) is 29.6 Å². The Hall–Kier alpha value is -2.71. The van der Waals surface area contributed by atoms with Crippen molar-refractivity contribution < 1.29 is 13.9 Å². The van der Waals surface area contributed by atoms with E-state index in [1.807, 2.05) is 18.2 Å². The molecule has 0 radical (unpaired) electrons. The Morgan fingerprint density at radius 3 is 2.79 bits per heavy atom. The van der Waals surface area contributed by atoms with E-state index in [0.717, 1.165) is 42.3 Å². The van der Waals surface area contributed by atoms with E-state index in [9.17, 15) is 9.18 Å². The van der Waals surface area contributed by atoms with Crippen LogP contribution in [0.1, 0.15) is 0 Å². The number of anilines is 2. The number of benzene rings is 2. The highest BCUT2D eigenvalue weighted by molar-refractivity contribution is 7.22. The van der Waals surface area contributed by atoms with Crippen LogP contribution in [0.2, 0.25) is 0 Å². The van der Waals surface area contributed by atoms with Crippen LogP contribution in [-0.2, 0) is 4.79 Å². The van der Waals surface area contributed by atoms with E-state index in [4.69, 9.17) is 4.74 Å². The summed E-state index contributed by atoms with van der Waals surface area (Å²) in [5, 5.41) is 3.33. The van der Waals surface area contributed by atoms with Crippen molar-refractivity contribution in [1.82, 2.24) is 9.88 Å². The molecule has 1 aromatic heterocycles. The monoisotopic (exact) mass is 400 g/mol. The number of methoxy groups -OCH3 is 1. The molecule has 146 valence electrons. The van der Waals surface area contributed by atoms with Crippen molar-refractivity contribution in [2.24, 2.45) is 0 Å². The minimum Gasteiger partial charge on any atom is -0.495 e. The molecule has 6 nitrogen and oxygen atoms in total. The normalized spacial score (nSPS) is 15.0. The molecule has 2 heterocycles. The molecule has 1 aliphatic rings. The number of ether oxygens (including phenoxy) is 1. The van der Waals surface area contributed by atoms with Crippen molar-refractivity contribution in [2.75, 3.05) is 50.1 Å². The number of aromatic nitrogens is 1. The number of halogens is 1. The number of hydrogen-bond donors (Lipinski definition) is 1. The lowest BCUT2D eigenvalue weighted by molar-refractivity contribution is -0.117. The first-order valence-corrected chi connectivity index (χ1v) is 9.90. The molecule has 1 aliphatic heterocycles. The molecular weight excluding hydrogens is 379 g/mol. The van der Waals surface area contributed by atoms with E-state index in [1.54, 1.807) is 13.2 Å². The summed E-state index contributed by atoms with van der Waals surface area (Å²) in [5.74, 6) is 0.452. The van der Waals surface area contributed by atoms with Gasteiger partial charge in [0.1, 0.15) is 11.6 Å². The quantitative estimate of drug-likeness (QED) is 0.713. The fourth-order valence-corrected chi connectivity index (χ4v) is 4.26. The second-order valence-corrected chi connectivity index (χ2v) is 7.64. The number of amides is 1. The van der Waals surface area contributed by atoms with Crippen LogP contribution >= 0.6 is 11.3 Å². The van der Waals surface area contributed by atoms with Crippen LogP contribution in [0.15, 0.2) is 42.5 Å². The van der Waals surface area contributed by atoms with Gasteiger partial charge in [-0.1, -0.05) is 23.5 Å². The fourth-order valence-electron chi connectivity index (χ4n) is 3.35. The Morgan fingerprint density at radius 1 is 1.21 bits per heavy atom. The zero-order valence-electron chi connectivity index (χ0n) is 15.5. The molecule has 0 unspecified atom stereocenters. The van der Waals surface area contributed by atoms with Crippen LogP contribution in [0.25, 0.3) is 10.2 Å². The third-order valence-electron chi connectivity index (χ3n) is 4.76. The van der Waals surface area contributed by atoms with Gasteiger partial charge in [-0.2, -0.15) is 0 Å². The number of nitrogens with one attached hydrogen (secondary N) is 1. The smallest absolute Gasteiger partial charge is 0.240 e. The minimum absolute atomic E-state index is 0.106. The topological polar surface area (TPSA) is 57.7 Å². The molecule has 0 atom stereocenters. The van der Waals surface area contributed by atoms with E-state index >= 15 is 0 Å². The molecular formula is C20H21FN4O2S. The summed E-state index contributed by atoms with van der Waals surface area (Å²) in [6, 6.07) is 12.4. The van der Waals surface area contributed by atoms with Gasteiger partial charge in [0, 0.05) is 26.2 Å². The highest BCUT2D eigenvalue weighted by Gasteiger charge is 2.21. The number of fused-ring (bicyclic) bond motifs is 1. The standard InChI is InChI=1S/C20H21FN4O2S/c1-27-17-5-3-2-4-16(17)25-10-8-24(9-11-25)13-19(26)23-20-22-15-7-6-14(21)12-18(15)28-20/h2-7,12H,8-11,13H2,1H3,(H,22,23,26). The van der Waals surface area contributed by atoms with E-state index < -0.39 is 0 Å². The maximum Gasteiger partial charge on any atom is 0.240 e. The van der Waals surface area contributed by atoms with Gasteiger partial charge in [-0.25, -0.2) is 9.37 Å². The first-order valence-electron chi connectivity index (χ1n) is 9.08. The van der Waals surface area contributed by atoms with Gasteiger partial charge in [-0.3, -0.25) is 9.69 Å². The van der Waals surface area contributed by atoms with Crippen molar-refractivity contribution in [3.63, 3.8) is 0 Å². The Morgan fingerprint density at radius 2 is 2.00 bits per heavy atom. The lowest BCUT2D eigenvalue weighted by Crippen LogP contribution is -2.48. The van der Waals surface area contributed by atoms with Crippen LogP contribution < -0.4 is 15.0 Å². The molecule has 28 heavy (non-hydrogen) atoms. The van der Waals surface area contributed by atoms with Gasteiger partial charge in [0.25, 0.3) is 0 Å². The van der Waals surface area contributed by atoms with Gasteiger partial charge >= 0.3 is 0 Å². The van der Waals surface area contributed by atoms with Gasteiger partial charge < -0.3 is 15.0 Å². The first kappa shape index (κ1) is 18.6. The number of rotatable bonds is 5. The number of para-hydroxylation sites is 2. The number of carbonyl (C=O) groups excluding carboxylic acids is 1. The molecule has 0 saturated carbocycles. The SMILES string of the molecule is COc1ccccc1N1CCN(CC(=O)Nc2nc3ccc(F)cc3s2)CC1. The van der Waals surface area contributed by atoms with Gasteiger partial charge in [0.2, 0.25) is 5.91 Å². The molecule has 1 N–H and O–H groups in total. The van der Waals surface area contributed by atoms with Crippen molar-refractivity contribution in [3.05, 3.63) is 48.3 Å². The average Bonchev–Trinajstić information content (AvgIpc) is 3.09. The van der Waals surface area contributed by atoms with Crippen LogP contribution in [0.3, 0.4) is 0 Å². The number of thiazole rings is 1. The number of carbonyl (C=O) groups is 1. The zero-order valence-corrected chi connectivity index (χ0v) is 16.3. The number of hydrogen-bond acceptors (Lipinski definition) is 6. The Kier molecular flexibility index (Phi) is 5.40. The highest BCUT2D eigenvalue weighted by atomic mass is 32.1. The second kappa shape index (κ2) is 8.12. The summed E-state index contributed by atoms with van der Waals surface area (Å²) in [6.07, 6.45) is 0. The van der Waals surface area contributed by atoms with E-state index in [1.165, 1.54) is 23.5 Å². The summed E-state index contributed by atoms with van der Waals surface area (Å²) in [5.41, 5.74) is 1.77. The van der Waals surface area contributed by atoms with Crippen LogP contribution in [0.4, 0.5) is 15.2 Å². The molecule has 4 rings (SSSR count). The fraction of sp³-hybridized carbons (Fsp3) is 0.300. The van der Waals surface area contributed by atoms with E-state index in [0.29, 0.717) is 17.2 Å². The number of piperazine rings is 1. The first-order chi connectivity index (χ1) is 13.6. The van der Waals surface area contributed by atoms with Crippen molar-refractivity contribution in [3.8, 4) is 5.75 Å². The Bertz CT molecular complexity index is 985. The summed E-state index contributed by atoms with van der Waals surface area (Å²) in [4.78, 5) is 21.1. The summed E-state index contributed by atoms with van der Waals surface area (Å²) in [7, 11) is 1.68. The zero-order chi connectivity index (χ0) is 19.5. The van der Waals surface area contributed by atoms with Crippen LogP contribution in [0, 0.1) is 5.82 Å². The Labute approximate surface area is 166 Å². The largest absolute Gasteiger partial charge is 0.495 e. The molecule has 8 heteroatoms. The highest BCUT2D eigenvalue weighted by Crippen LogP contribution is 2.29. The van der Waals surface area contributed by atoms with Crippen molar-refractivity contribution in [1.29, 1.82) is 0 Å². The molecule has 0 aliphatic carbocycles. The van der Waals surface area contributed by atoms with Crippen LogP contribution in [-0.4, -0.2) is 55.6 Å². The van der Waals surface area contributed by atoms with E-state index in [2.05, 4.69) is 26.2 Å². The summed E-state index contributed by atoms with van der Waals surface area (Å²) < 4.78 is 19.5. The molecule has 1 amide bonds. The molecule has 2 aromatic carbocycles. The Balaban J connectivity index is 1.32. The van der Waals surface area contributed by atoms with Gasteiger partial charge in [-0.05, 0) is 30.3 Å². The number of nitrogens with zero attached hydrogens (tertiary/aromatic N) is 3. The molecule has 1 saturated heterocycles. The molecule has 1 fully saturated rings. The predicted molar refractivity (Wildman–Crippen MR) is 110 cm³/mol. The second-order valence-electron chi connectivity index (χ2n) is 6.61. The lowest BCUT2D eigenvalue weighted by Gasteiger charge is -2.36. The van der Waals surface area contributed by atoms with Gasteiger partial charge in [0.15, 0.2) is 5.13 Å². The summed E-state index contributed by atoms with van der Waals surface area (Å²) in [6.45, 7) is 3.54. The molecule has 3 aromatic rings. The predicted octanol–water partition coefficient (Wildman–Crippen LogP) is 3.20. The maximum absolute atomic E-state index is 13.3. The molecule has 0 bridgehead atoms. The van der Waals surface area contributed by atoms with Gasteiger partial charge in [-0.15, -0.1) is 0 Å². The third-order valence-corrected chi connectivity index (χ3v) is 5.70. The lowest BCUT2D eigenvalue weighted by atomic mass is 10.2. The minimum atomic E-state index is -0.304. The van der Waals surface area contributed by atoms with Crippen molar-refractivity contribution in [2.45, 2.75) is 0 Å². The maximum atomic E-state index is 13.3. The van der Waals surface area contributed by atoms with Crippen LogP contribution in [0.5, 0.6) is 5.75 Å². The van der Waals surface area contributed by atoms with E-state index in [-0.39, 0.29) is 11.7 Å².